The molecule has 31 heavy (non-hydrogen) atoms. The van der Waals surface area contributed by atoms with Crippen molar-refractivity contribution in [3.05, 3.63) is 95.1 Å². The molecule has 0 aliphatic carbocycles. The van der Waals surface area contributed by atoms with E-state index in [4.69, 9.17) is 4.74 Å². The van der Waals surface area contributed by atoms with Gasteiger partial charge in [0.05, 0.1) is 29.7 Å². The summed E-state index contributed by atoms with van der Waals surface area (Å²) >= 11 is 0. The molecule has 0 radical (unpaired) electrons. The average Bonchev–Trinajstić information content (AvgIpc) is 3.12. The highest BCUT2D eigenvalue weighted by Gasteiger charge is 2.15. The fraction of sp³-hybridized carbons (Fsp3) is 0.200. The summed E-state index contributed by atoms with van der Waals surface area (Å²) in [6.07, 6.45) is 0. The first-order valence-electron chi connectivity index (χ1n) is 10.2. The number of aryl methyl sites for hydroxylation is 2. The molecule has 4 rings (SSSR count). The number of nitrogens with zero attached hydrogens (tertiary/aromatic N) is 2. The number of nitrogens with one attached hydrogen (secondary N) is 1. The molecule has 0 atom stereocenters. The van der Waals surface area contributed by atoms with Crippen molar-refractivity contribution in [2.45, 2.75) is 26.9 Å². The van der Waals surface area contributed by atoms with Crippen LogP contribution in [-0.4, -0.2) is 22.1 Å². The first-order chi connectivity index (χ1) is 15.0. The third-order valence-corrected chi connectivity index (χ3v) is 5.23. The van der Waals surface area contributed by atoms with Crippen LogP contribution in [0.4, 0.5) is 4.39 Å². The van der Waals surface area contributed by atoms with Gasteiger partial charge in [-0.05, 0) is 49.2 Å². The molecular formula is C25H24FN3O2. The second kappa shape index (κ2) is 9.00. The average molecular weight is 417 g/mol. The van der Waals surface area contributed by atoms with Gasteiger partial charge in [-0.1, -0.05) is 42.5 Å². The molecule has 4 aromatic rings. The van der Waals surface area contributed by atoms with Crippen molar-refractivity contribution in [3.63, 3.8) is 0 Å². The highest BCUT2D eigenvalue weighted by Crippen LogP contribution is 2.23. The molecule has 0 unspecified atom stereocenters. The van der Waals surface area contributed by atoms with Gasteiger partial charge in [-0.3, -0.25) is 4.79 Å². The highest BCUT2D eigenvalue weighted by atomic mass is 19.1. The standard InChI is InChI=1S/C25H24FN3O2/c1-17-8-7-9-18(2)24(17)31-15-14-29-22-13-6-5-12-21(22)28-23(29)16-27-25(30)19-10-3-4-11-20(19)26/h3-13H,14-16H2,1-2H3,(H,27,30). The summed E-state index contributed by atoms with van der Waals surface area (Å²) in [4.78, 5) is 17.1. The predicted molar refractivity (Wildman–Crippen MR) is 119 cm³/mol. The van der Waals surface area contributed by atoms with Crippen LogP contribution in [0.3, 0.4) is 0 Å². The van der Waals surface area contributed by atoms with Gasteiger partial charge in [0.1, 0.15) is 24.0 Å². The van der Waals surface area contributed by atoms with Crippen molar-refractivity contribution in [1.29, 1.82) is 0 Å². The predicted octanol–water partition coefficient (Wildman–Crippen LogP) is 4.80. The maximum atomic E-state index is 13.9. The number of hydrogen-bond acceptors (Lipinski definition) is 3. The van der Waals surface area contributed by atoms with Gasteiger partial charge in [0.25, 0.3) is 5.91 Å². The third-order valence-electron chi connectivity index (χ3n) is 5.23. The molecule has 0 saturated heterocycles. The molecule has 0 aliphatic rings. The maximum Gasteiger partial charge on any atom is 0.254 e. The Morgan fingerprint density at radius 2 is 1.71 bits per heavy atom. The number of rotatable bonds is 7. The van der Waals surface area contributed by atoms with Crippen LogP contribution in [0.15, 0.2) is 66.7 Å². The van der Waals surface area contributed by atoms with E-state index in [9.17, 15) is 9.18 Å². The lowest BCUT2D eigenvalue weighted by Crippen LogP contribution is -2.26. The Hall–Kier alpha value is -3.67. The molecular weight excluding hydrogens is 393 g/mol. The summed E-state index contributed by atoms with van der Waals surface area (Å²) in [5.41, 5.74) is 4.00. The Labute approximate surface area is 180 Å². The van der Waals surface area contributed by atoms with Gasteiger partial charge >= 0.3 is 0 Å². The van der Waals surface area contributed by atoms with E-state index in [0.29, 0.717) is 19.0 Å². The Kier molecular flexibility index (Phi) is 5.98. The SMILES string of the molecule is Cc1cccc(C)c1OCCn1c(CNC(=O)c2ccccc2F)nc2ccccc21. The monoisotopic (exact) mass is 417 g/mol. The van der Waals surface area contributed by atoms with Gasteiger partial charge in [-0.15, -0.1) is 0 Å². The molecule has 1 N–H and O–H groups in total. The summed E-state index contributed by atoms with van der Waals surface area (Å²) in [7, 11) is 0. The number of carbonyl (C=O) groups is 1. The van der Waals surface area contributed by atoms with Gasteiger partial charge in [0.15, 0.2) is 0 Å². The van der Waals surface area contributed by atoms with E-state index in [1.807, 2.05) is 60.9 Å². The van der Waals surface area contributed by atoms with Crippen LogP contribution in [0.5, 0.6) is 5.75 Å². The van der Waals surface area contributed by atoms with Crippen LogP contribution < -0.4 is 10.1 Å². The number of para-hydroxylation sites is 3. The van der Waals surface area contributed by atoms with E-state index in [0.717, 1.165) is 27.9 Å². The molecule has 1 heterocycles. The number of halogens is 1. The van der Waals surface area contributed by atoms with Crippen molar-refractivity contribution < 1.29 is 13.9 Å². The van der Waals surface area contributed by atoms with Crippen LogP contribution in [-0.2, 0) is 13.1 Å². The molecule has 0 fully saturated rings. The number of fused-ring (bicyclic) bond motifs is 1. The van der Waals surface area contributed by atoms with Gasteiger partial charge in [0.2, 0.25) is 0 Å². The molecule has 0 bridgehead atoms. The lowest BCUT2D eigenvalue weighted by atomic mass is 10.1. The maximum absolute atomic E-state index is 13.9. The minimum atomic E-state index is -0.546. The molecule has 1 amide bonds. The van der Waals surface area contributed by atoms with Crippen LogP contribution in [0.1, 0.15) is 27.3 Å². The van der Waals surface area contributed by atoms with E-state index in [1.165, 1.54) is 12.1 Å². The summed E-state index contributed by atoms with van der Waals surface area (Å²) in [6.45, 7) is 5.27. The Balaban J connectivity index is 1.52. The zero-order chi connectivity index (χ0) is 21.8. The molecule has 0 saturated carbocycles. The second-order valence-corrected chi connectivity index (χ2v) is 7.40. The van der Waals surface area contributed by atoms with E-state index < -0.39 is 11.7 Å². The molecule has 0 aliphatic heterocycles. The van der Waals surface area contributed by atoms with Crippen LogP contribution in [0.25, 0.3) is 11.0 Å². The molecule has 5 nitrogen and oxygen atoms in total. The number of carbonyl (C=O) groups excluding carboxylic acids is 1. The fourth-order valence-corrected chi connectivity index (χ4v) is 3.68. The Morgan fingerprint density at radius 1 is 1.00 bits per heavy atom. The zero-order valence-corrected chi connectivity index (χ0v) is 17.6. The molecule has 6 heteroatoms. The number of imidazole rings is 1. The van der Waals surface area contributed by atoms with Crippen LogP contribution in [0, 0.1) is 19.7 Å². The topological polar surface area (TPSA) is 56.1 Å². The number of hydrogen-bond donors (Lipinski definition) is 1. The first-order valence-corrected chi connectivity index (χ1v) is 10.2. The van der Waals surface area contributed by atoms with Crippen molar-refractivity contribution in [3.8, 4) is 5.75 Å². The van der Waals surface area contributed by atoms with E-state index in [2.05, 4.69) is 10.3 Å². The molecule has 1 aromatic heterocycles. The number of ether oxygens (including phenoxy) is 1. The summed E-state index contributed by atoms with van der Waals surface area (Å²) in [5, 5.41) is 2.78. The minimum Gasteiger partial charge on any atom is -0.491 e. The van der Waals surface area contributed by atoms with E-state index >= 15 is 0 Å². The number of aromatic nitrogens is 2. The van der Waals surface area contributed by atoms with Crippen LogP contribution >= 0.6 is 0 Å². The van der Waals surface area contributed by atoms with Gasteiger partial charge in [0, 0.05) is 0 Å². The van der Waals surface area contributed by atoms with E-state index in [-0.39, 0.29) is 12.1 Å². The van der Waals surface area contributed by atoms with Crippen molar-refractivity contribution >= 4 is 16.9 Å². The summed E-state index contributed by atoms with van der Waals surface area (Å²) < 4.78 is 22.0. The van der Waals surface area contributed by atoms with Gasteiger partial charge < -0.3 is 14.6 Å². The second-order valence-electron chi connectivity index (χ2n) is 7.40. The normalized spacial score (nSPS) is 10.9. The number of benzene rings is 3. The quantitative estimate of drug-likeness (QED) is 0.470. The lowest BCUT2D eigenvalue weighted by Gasteiger charge is -2.14. The fourth-order valence-electron chi connectivity index (χ4n) is 3.68. The molecule has 0 spiro atoms. The summed E-state index contributed by atoms with van der Waals surface area (Å²) in [5.74, 6) is 0.566. The Morgan fingerprint density at radius 3 is 2.48 bits per heavy atom. The van der Waals surface area contributed by atoms with Crippen molar-refractivity contribution in [2.24, 2.45) is 0 Å². The number of amides is 1. The zero-order valence-electron chi connectivity index (χ0n) is 17.6. The smallest absolute Gasteiger partial charge is 0.254 e. The first kappa shape index (κ1) is 20.6. The van der Waals surface area contributed by atoms with Crippen molar-refractivity contribution in [2.75, 3.05) is 6.61 Å². The van der Waals surface area contributed by atoms with E-state index in [1.54, 1.807) is 12.1 Å². The third kappa shape index (κ3) is 4.43. The lowest BCUT2D eigenvalue weighted by molar-refractivity contribution is 0.0945. The largest absolute Gasteiger partial charge is 0.491 e. The van der Waals surface area contributed by atoms with Gasteiger partial charge in [-0.25, -0.2) is 9.37 Å². The highest BCUT2D eigenvalue weighted by molar-refractivity contribution is 5.94. The Bertz CT molecular complexity index is 1210. The van der Waals surface area contributed by atoms with Crippen molar-refractivity contribution in [1.82, 2.24) is 14.9 Å². The summed E-state index contributed by atoms with van der Waals surface area (Å²) in [6, 6.07) is 19.8. The molecule has 158 valence electrons. The minimum absolute atomic E-state index is 0.0172. The van der Waals surface area contributed by atoms with Crippen LogP contribution in [0.2, 0.25) is 0 Å². The molecule has 3 aromatic carbocycles. The van der Waals surface area contributed by atoms with Gasteiger partial charge in [-0.2, -0.15) is 0 Å².